The first-order valence-corrected chi connectivity index (χ1v) is 5.71. The SMILES string of the molecule is CCCOCCOCCCC(=N)CC(=N)N. The van der Waals surface area contributed by atoms with E-state index in [0.29, 0.717) is 32.0 Å². The zero-order valence-corrected chi connectivity index (χ0v) is 10.1. The first kappa shape index (κ1) is 15.1. The Kier molecular flexibility index (Phi) is 9.95. The van der Waals surface area contributed by atoms with Crippen LogP contribution in [0.4, 0.5) is 0 Å². The van der Waals surface area contributed by atoms with Crippen LogP contribution in [0.5, 0.6) is 0 Å². The lowest BCUT2D eigenvalue weighted by Gasteiger charge is -2.05. The molecule has 4 N–H and O–H groups in total. The van der Waals surface area contributed by atoms with E-state index in [9.17, 15) is 0 Å². The van der Waals surface area contributed by atoms with Gasteiger partial charge < -0.3 is 20.6 Å². The van der Waals surface area contributed by atoms with E-state index < -0.39 is 0 Å². The molecule has 0 aromatic carbocycles. The lowest BCUT2D eigenvalue weighted by atomic mass is 10.1. The van der Waals surface area contributed by atoms with Gasteiger partial charge in [-0.15, -0.1) is 0 Å². The molecular formula is C11H23N3O2. The van der Waals surface area contributed by atoms with Crippen LogP contribution in [0.3, 0.4) is 0 Å². The van der Waals surface area contributed by atoms with Gasteiger partial charge in [0, 0.05) is 25.3 Å². The zero-order chi connectivity index (χ0) is 12.2. The van der Waals surface area contributed by atoms with Crippen LogP contribution in [0.2, 0.25) is 0 Å². The van der Waals surface area contributed by atoms with Crippen LogP contribution in [-0.4, -0.2) is 38.0 Å². The number of nitrogens with one attached hydrogen (secondary N) is 2. The number of rotatable bonds is 11. The summed E-state index contributed by atoms with van der Waals surface area (Å²) in [5.41, 5.74) is 5.68. The molecule has 0 atom stereocenters. The number of hydrogen-bond donors (Lipinski definition) is 3. The molecule has 94 valence electrons. The fourth-order valence-electron chi connectivity index (χ4n) is 1.17. The van der Waals surface area contributed by atoms with Gasteiger partial charge in [-0.25, -0.2) is 0 Å². The lowest BCUT2D eigenvalue weighted by molar-refractivity contribution is 0.0476. The Labute approximate surface area is 97.3 Å². The average Bonchev–Trinajstić information content (AvgIpc) is 2.21. The Balaban J connectivity index is 3.14. The van der Waals surface area contributed by atoms with E-state index in [4.69, 9.17) is 26.0 Å². The molecule has 0 saturated heterocycles. The number of hydrogen-bond acceptors (Lipinski definition) is 4. The molecule has 0 fully saturated rings. The Bertz CT molecular complexity index is 207. The van der Waals surface area contributed by atoms with Gasteiger partial charge in [0.25, 0.3) is 0 Å². The summed E-state index contributed by atoms with van der Waals surface area (Å²) < 4.78 is 10.6. The highest BCUT2D eigenvalue weighted by atomic mass is 16.5. The minimum Gasteiger partial charge on any atom is -0.387 e. The zero-order valence-electron chi connectivity index (χ0n) is 10.1. The fraction of sp³-hybridized carbons (Fsp3) is 0.818. The molecule has 5 nitrogen and oxygen atoms in total. The third-order valence-corrected chi connectivity index (χ3v) is 1.89. The van der Waals surface area contributed by atoms with Crippen LogP contribution in [0, 0.1) is 10.8 Å². The Morgan fingerprint density at radius 3 is 2.25 bits per heavy atom. The Morgan fingerprint density at radius 1 is 1.06 bits per heavy atom. The quantitative estimate of drug-likeness (QED) is 0.285. The van der Waals surface area contributed by atoms with E-state index in [1.54, 1.807) is 0 Å². The normalized spacial score (nSPS) is 10.3. The summed E-state index contributed by atoms with van der Waals surface area (Å²) in [6, 6.07) is 0. The van der Waals surface area contributed by atoms with Crippen molar-refractivity contribution in [3.63, 3.8) is 0 Å². The maximum Gasteiger partial charge on any atom is 0.0962 e. The van der Waals surface area contributed by atoms with Crippen molar-refractivity contribution < 1.29 is 9.47 Å². The van der Waals surface area contributed by atoms with E-state index in [-0.39, 0.29) is 12.3 Å². The molecule has 0 aliphatic carbocycles. The first-order valence-electron chi connectivity index (χ1n) is 5.71. The number of nitrogens with two attached hydrogens (primary N) is 1. The predicted molar refractivity (Wildman–Crippen MR) is 65.4 cm³/mol. The molecule has 0 aromatic rings. The van der Waals surface area contributed by atoms with Crippen molar-refractivity contribution in [1.29, 1.82) is 10.8 Å². The average molecular weight is 229 g/mol. The summed E-state index contributed by atoms with van der Waals surface area (Å²) in [6.45, 7) is 4.74. The van der Waals surface area contributed by atoms with E-state index in [0.717, 1.165) is 19.4 Å². The highest BCUT2D eigenvalue weighted by Crippen LogP contribution is 1.96. The van der Waals surface area contributed by atoms with Gasteiger partial charge in [0.2, 0.25) is 0 Å². The Hall–Kier alpha value is -0.940. The third-order valence-electron chi connectivity index (χ3n) is 1.89. The van der Waals surface area contributed by atoms with Crippen molar-refractivity contribution in [3.8, 4) is 0 Å². The van der Waals surface area contributed by atoms with Crippen LogP contribution in [0.1, 0.15) is 32.6 Å². The lowest BCUT2D eigenvalue weighted by Crippen LogP contribution is -2.15. The maximum absolute atomic E-state index is 7.49. The topological polar surface area (TPSA) is 92.2 Å². The summed E-state index contributed by atoms with van der Waals surface area (Å²) in [6.07, 6.45) is 2.76. The van der Waals surface area contributed by atoms with Gasteiger partial charge in [-0.2, -0.15) is 0 Å². The van der Waals surface area contributed by atoms with Crippen LogP contribution >= 0.6 is 0 Å². The second-order valence-corrected chi connectivity index (χ2v) is 3.63. The molecule has 0 bridgehead atoms. The molecule has 0 rings (SSSR count). The van der Waals surface area contributed by atoms with Gasteiger partial charge in [0.05, 0.1) is 19.0 Å². The minimum absolute atomic E-state index is 0.0545. The van der Waals surface area contributed by atoms with Crippen molar-refractivity contribution in [2.24, 2.45) is 5.73 Å². The van der Waals surface area contributed by atoms with E-state index in [1.165, 1.54) is 0 Å². The standard InChI is InChI=1S/C11H23N3O2/c1-2-5-15-7-8-16-6-3-4-10(12)9-11(13)14/h12H,2-9H2,1H3,(H3,13,14). The second-order valence-electron chi connectivity index (χ2n) is 3.63. The monoisotopic (exact) mass is 229 g/mol. The third kappa shape index (κ3) is 11.1. The van der Waals surface area contributed by atoms with Gasteiger partial charge >= 0.3 is 0 Å². The molecule has 16 heavy (non-hydrogen) atoms. The van der Waals surface area contributed by atoms with Crippen molar-refractivity contribution in [2.45, 2.75) is 32.6 Å². The molecule has 0 aliphatic rings. The van der Waals surface area contributed by atoms with Crippen molar-refractivity contribution in [3.05, 3.63) is 0 Å². The van der Waals surface area contributed by atoms with Gasteiger partial charge in [0.1, 0.15) is 0 Å². The fourth-order valence-corrected chi connectivity index (χ4v) is 1.17. The second kappa shape index (κ2) is 10.6. The number of ether oxygens (including phenoxy) is 2. The van der Waals surface area contributed by atoms with Crippen molar-refractivity contribution in [2.75, 3.05) is 26.4 Å². The molecular weight excluding hydrogens is 206 g/mol. The van der Waals surface area contributed by atoms with Crippen LogP contribution < -0.4 is 5.73 Å². The number of amidine groups is 1. The molecule has 5 heteroatoms. The molecule has 0 aliphatic heterocycles. The summed E-state index contributed by atoms with van der Waals surface area (Å²) in [5.74, 6) is 0.0545. The van der Waals surface area contributed by atoms with E-state index in [2.05, 4.69) is 6.92 Å². The van der Waals surface area contributed by atoms with Crippen LogP contribution in [0.25, 0.3) is 0 Å². The highest BCUT2D eigenvalue weighted by Gasteiger charge is 1.99. The van der Waals surface area contributed by atoms with Crippen LogP contribution in [-0.2, 0) is 9.47 Å². The van der Waals surface area contributed by atoms with Gasteiger partial charge in [-0.1, -0.05) is 6.92 Å². The van der Waals surface area contributed by atoms with Crippen LogP contribution in [0.15, 0.2) is 0 Å². The van der Waals surface area contributed by atoms with Crippen molar-refractivity contribution >= 4 is 11.5 Å². The van der Waals surface area contributed by atoms with Crippen molar-refractivity contribution in [1.82, 2.24) is 0 Å². The molecule has 0 spiro atoms. The van der Waals surface area contributed by atoms with E-state index in [1.807, 2.05) is 0 Å². The molecule has 0 heterocycles. The van der Waals surface area contributed by atoms with Gasteiger partial charge in [-0.3, -0.25) is 5.41 Å². The summed E-state index contributed by atoms with van der Waals surface area (Å²) in [7, 11) is 0. The molecule has 0 saturated carbocycles. The maximum atomic E-state index is 7.49. The van der Waals surface area contributed by atoms with E-state index >= 15 is 0 Å². The summed E-state index contributed by atoms with van der Waals surface area (Å²) in [5, 5.41) is 14.5. The van der Waals surface area contributed by atoms with Gasteiger partial charge in [0.15, 0.2) is 0 Å². The molecule has 0 unspecified atom stereocenters. The highest BCUT2D eigenvalue weighted by molar-refractivity contribution is 5.99. The molecule has 0 amide bonds. The smallest absolute Gasteiger partial charge is 0.0962 e. The first-order chi connectivity index (χ1) is 7.66. The summed E-state index contributed by atoms with van der Waals surface area (Å²) in [4.78, 5) is 0. The summed E-state index contributed by atoms with van der Waals surface area (Å²) >= 11 is 0. The molecule has 0 aromatic heterocycles. The Morgan fingerprint density at radius 2 is 1.69 bits per heavy atom. The minimum atomic E-state index is 0.0545. The molecule has 0 radical (unpaired) electrons. The predicted octanol–water partition coefficient (Wildman–Crippen LogP) is 1.56. The largest absolute Gasteiger partial charge is 0.387 e. The van der Waals surface area contributed by atoms with Gasteiger partial charge in [-0.05, 0) is 19.3 Å².